The Morgan fingerprint density at radius 2 is 1.95 bits per heavy atom. The van der Waals surface area contributed by atoms with Crippen LogP contribution in [0.3, 0.4) is 0 Å². The second kappa shape index (κ2) is 7.93. The van der Waals surface area contributed by atoms with E-state index in [1.165, 1.54) is 25.7 Å². The first-order valence-electron chi connectivity index (χ1n) is 7.72. The topological polar surface area (TPSA) is 35.5 Å². The zero-order chi connectivity index (χ0) is 14.2. The van der Waals surface area contributed by atoms with E-state index in [1.54, 1.807) is 6.07 Å². The fourth-order valence-electron chi connectivity index (χ4n) is 2.56. The lowest BCUT2D eigenvalue weighted by Crippen LogP contribution is -2.16. The lowest BCUT2D eigenvalue weighted by molar-refractivity contribution is 0.111. The predicted molar refractivity (Wildman–Crippen MR) is 79.7 cm³/mol. The van der Waals surface area contributed by atoms with Gasteiger partial charge in [0.05, 0.1) is 18.3 Å². The Kier molecular flexibility index (Phi) is 5.90. The van der Waals surface area contributed by atoms with E-state index in [0.29, 0.717) is 17.9 Å². The van der Waals surface area contributed by atoms with Crippen LogP contribution in [0.4, 0.5) is 0 Å². The van der Waals surface area contributed by atoms with Crippen LogP contribution in [0.1, 0.15) is 62.2 Å². The van der Waals surface area contributed by atoms with Gasteiger partial charge in [-0.1, -0.05) is 19.8 Å². The van der Waals surface area contributed by atoms with Gasteiger partial charge in [-0.2, -0.15) is 0 Å². The second-order valence-electron chi connectivity index (χ2n) is 5.40. The molecule has 0 bridgehead atoms. The molecule has 1 saturated carbocycles. The van der Waals surface area contributed by atoms with Crippen LogP contribution >= 0.6 is 0 Å². The van der Waals surface area contributed by atoms with Crippen molar-refractivity contribution in [2.45, 2.75) is 58.0 Å². The molecule has 0 unspecified atom stereocenters. The molecule has 1 aliphatic carbocycles. The van der Waals surface area contributed by atoms with E-state index < -0.39 is 0 Å². The molecular formula is C17H24O3. The number of rotatable bonds is 6. The molecule has 3 nitrogen and oxygen atoms in total. The van der Waals surface area contributed by atoms with E-state index in [-0.39, 0.29) is 6.10 Å². The zero-order valence-electron chi connectivity index (χ0n) is 12.3. The summed E-state index contributed by atoms with van der Waals surface area (Å²) in [7, 11) is 0. The largest absolute Gasteiger partial charge is 0.493 e. The number of ether oxygens (including phenoxy) is 2. The van der Waals surface area contributed by atoms with Gasteiger partial charge in [0.25, 0.3) is 0 Å². The Balaban J connectivity index is 2.08. The predicted octanol–water partition coefficient (Wildman–Crippen LogP) is 4.39. The van der Waals surface area contributed by atoms with Gasteiger partial charge in [-0.15, -0.1) is 0 Å². The summed E-state index contributed by atoms with van der Waals surface area (Å²) < 4.78 is 11.7. The lowest BCUT2D eigenvalue weighted by Gasteiger charge is -2.19. The highest BCUT2D eigenvalue weighted by atomic mass is 16.5. The van der Waals surface area contributed by atoms with Crippen LogP contribution in [0.25, 0.3) is 0 Å². The first kappa shape index (κ1) is 14.9. The maximum absolute atomic E-state index is 11.1. The fraction of sp³-hybridized carbons (Fsp3) is 0.588. The molecule has 0 aliphatic heterocycles. The number of hydrogen-bond donors (Lipinski definition) is 0. The number of carbonyl (C=O) groups excluding carboxylic acids is 1. The van der Waals surface area contributed by atoms with E-state index in [0.717, 1.165) is 31.3 Å². The third kappa shape index (κ3) is 4.26. The Labute approximate surface area is 121 Å². The molecule has 1 aliphatic rings. The molecule has 0 amide bonds. The minimum atomic E-state index is 0.234. The first-order chi connectivity index (χ1) is 9.83. The lowest BCUT2D eigenvalue weighted by atomic mass is 10.1. The van der Waals surface area contributed by atoms with E-state index in [9.17, 15) is 4.79 Å². The molecule has 3 heteroatoms. The summed E-state index contributed by atoms with van der Waals surface area (Å²) in [6.07, 6.45) is 9.23. The maximum Gasteiger partial charge on any atom is 0.153 e. The summed E-state index contributed by atoms with van der Waals surface area (Å²) in [6, 6.07) is 5.47. The minimum Gasteiger partial charge on any atom is -0.493 e. The van der Waals surface area contributed by atoms with Crippen LogP contribution in [-0.4, -0.2) is 19.0 Å². The molecule has 1 aromatic carbocycles. The zero-order valence-corrected chi connectivity index (χ0v) is 12.3. The molecule has 1 fully saturated rings. The van der Waals surface area contributed by atoms with Crippen LogP contribution in [-0.2, 0) is 0 Å². The third-order valence-corrected chi connectivity index (χ3v) is 3.68. The van der Waals surface area contributed by atoms with Gasteiger partial charge in [-0.25, -0.2) is 0 Å². The van der Waals surface area contributed by atoms with Crippen LogP contribution in [0.2, 0.25) is 0 Å². The van der Waals surface area contributed by atoms with Crippen molar-refractivity contribution in [3.63, 3.8) is 0 Å². The SMILES string of the molecule is CCCOc1ccc(C=O)c(OC2CCCCCC2)c1. The van der Waals surface area contributed by atoms with Gasteiger partial charge in [0, 0.05) is 6.07 Å². The second-order valence-corrected chi connectivity index (χ2v) is 5.40. The fourth-order valence-corrected chi connectivity index (χ4v) is 2.56. The number of benzene rings is 1. The Hall–Kier alpha value is -1.51. The van der Waals surface area contributed by atoms with Gasteiger partial charge in [0.1, 0.15) is 11.5 Å². The molecule has 0 heterocycles. The molecule has 110 valence electrons. The van der Waals surface area contributed by atoms with Crippen molar-refractivity contribution < 1.29 is 14.3 Å². The average molecular weight is 276 g/mol. The smallest absolute Gasteiger partial charge is 0.153 e. The Bertz CT molecular complexity index is 420. The van der Waals surface area contributed by atoms with Crippen LogP contribution < -0.4 is 9.47 Å². The molecule has 20 heavy (non-hydrogen) atoms. The standard InChI is InChI=1S/C17H24O3/c1-2-11-19-16-10-9-14(13-18)17(12-16)20-15-7-5-3-4-6-8-15/h9-10,12-13,15H,2-8,11H2,1H3. The van der Waals surface area contributed by atoms with Crippen molar-refractivity contribution in [1.29, 1.82) is 0 Å². The Morgan fingerprint density at radius 3 is 2.60 bits per heavy atom. The highest BCUT2D eigenvalue weighted by Gasteiger charge is 2.16. The van der Waals surface area contributed by atoms with Crippen molar-refractivity contribution in [2.24, 2.45) is 0 Å². The quantitative estimate of drug-likeness (QED) is 0.571. The molecule has 0 spiro atoms. The van der Waals surface area contributed by atoms with Crippen molar-refractivity contribution in [3.05, 3.63) is 23.8 Å². The number of hydrogen-bond acceptors (Lipinski definition) is 3. The highest BCUT2D eigenvalue weighted by molar-refractivity contribution is 5.79. The maximum atomic E-state index is 11.1. The summed E-state index contributed by atoms with van der Waals surface area (Å²) in [5.74, 6) is 1.45. The summed E-state index contributed by atoms with van der Waals surface area (Å²) in [5.41, 5.74) is 0.609. The summed E-state index contributed by atoms with van der Waals surface area (Å²) in [4.78, 5) is 11.1. The van der Waals surface area contributed by atoms with Gasteiger partial charge < -0.3 is 9.47 Å². The van der Waals surface area contributed by atoms with Gasteiger partial charge >= 0.3 is 0 Å². The molecule has 1 aromatic rings. The monoisotopic (exact) mass is 276 g/mol. The van der Waals surface area contributed by atoms with Gasteiger partial charge in [0.2, 0.25) is 0 Å². The molecule has 0 saturated heterocycles. The first-order valence-corrected chi connectivity index (χ1v) is 7.72. The number of aldehydes is 1. The summed E-state index contributed by atoms with van der Waals surface area (Å²) in [6.45, 7) is 2.76. The van der Waals surface area contributed by atoms with Crippen LogP contribution in [0.15, 0.2) is 18.2 Å². The van der Waals surface area contributed by atoms with E-state index >= 15 is 0 Å². The third-order valence-electron chi connectivity index (χ3n) is 3.68. The average Bonchev–Trinajstić information content (AvgIpc) is 2.74. The van der Waals surface area contributed by atoms with E-state index in [4.69, 9.17) is 9.47 Å². The molecular weight excluding hydrogens is 252 g/mol. The van der Waals surface area contributed by atoms with Gasteiger partial charge in [0.15, 0.2) is 6.29 Å². The van der Waals surface area contributed by atoms with Gasteiger partial charge in [-0.3, -0.25) is 4.79 Å². The van der Waals surface area contributed by atoms with Crippen molar-refractivity contribution in [2.75, 3.05) is 6.61 Å². The van der Waals surface area contributed by atoms with Crippen molar-refractivity contribution in [1.82, 2.24) is 0 Å². The van der Waals surface area contributed by atoms with Crippen molar-refractivity contribution >= 4 is 6.29 Å². The normalized spacial score (nSPS) is 16.4. The minimum absolute atomic E-state index is 0.234. The molecule has 0 radical (unpaired) electrons. The van der Waals surface area contributed by atoms with Crippen LogP contribution in [0, 0.1) is 0 Å². The van der Waals surface area contributed by atoms with Gasteiger partial charge in [-0.05, 0) is 44.2 Å². The molecule has 2 rings (SSSR count). The molecule has 0 atom stereocenters. The van der Waals surface area contributed by atoms with Crippen LogP contribution in [0.5, 0.6) is 11.5 Å². The van der Waals surface area contributed by atoms with E-state index in [1.807, 2.05) is 12.1 Å². The highest BCUT2D eigenvalue weighted by Crippen LogP contribution is 2.28. The number of carbonyl (C=O) groups is 1. The Morgan fingerprint density at radius 1 is 1.20 bits per heavy atom. The molecule has 0 N–H and O–H groups in total. The van der Waals surface area contributed by atoms with Crippen molar-refractivity contribution in [3.8, 4) is 11.5 Å². The summed E-state index contributed by atoms with van der Waals surface area (Å²) >= 11 is 0. The molecule has 0 aromatic heterocycles. The van der Waals surface area contributed by atoms with E-state index in [2.05, 4.69) is 6.92 Å². The summed E-state index contributed by atoms with van der Waals surface area (Å²) in [5, 5.41) is 0.